The van der Waals surface area contributed by atoms with Gasteiger partial charge in [0.05, 0.1) is 0 Å². The lowest BCUT2D eigenvalue weighted by Crippen LogP contribution is -2.01. The van der Waals surface area contributed by atoms with Crippen molar-refractivity contribution in [3.8, 4) is 0 Å². The third-order valence-electron chi connectivity index (χ3n) is 2.74. The lowest BCUT2D eigenvalue weighted by molar-refractivity contribution is 0.688. The summed E-state index contributed by atoms with van der Waals surface area (Å²) in [5.74, 6) is 0. The minimum Gasteiger partial charge on any atom is -0.309 e. The molecule has 1 aromatic heterocycles. The van der Waals surface area contributed by atoms with Gasteiger partial charge in [-0.2, -0.15) is 0 Å². The maximum atomic E-state index is 7.03. The molecule has 0 aliphatic heterocycles. The van der Waals surface area contributed by atoms with Crippen molar-refractivity contribution in [1.82, 2.24) is 0 Å². The molecule has 1 heterocycles. The summed E-state index contributed by atoms with van der Waals surface area (Å²) in [5.41, 5.74) is 2.80. The van der Waals surface area contributed by atoms with Gasteiger partial charge in [0.15, 0.2) is 0 Å². The van der Waals surface area contributed by atoms with Crippen molar-refractivity contribution in [2.45, 2.75) is 38.6 Å². The van der Waals surface area contributed by atoms with Gasteiger partial charge in [-0.3, -0.25) is 0 Å². The highest BCUT2D eigenvalue weighted by atomic mass is 32.1. The van der Waals surface area contributed by atoms with Gasteiger partial charge in [0.2, 0.25) is 6.04 Å². The van der Waals surface area contributed by atoms with Crippen molar-refractivity contribution in [1.29, 1.82) is 0 Å². The fourth-order valence-electron chi connectivity index (χ4n) is 1.94. The van der Waals surface area contributed by atoms with E-state index in [1.54, 1.807) is 0 Å². The van der Waals surface area contributed by atoms with Crippen LogP contribution in [0.2, 0.25) is 0 Å². The fraction of sp³-hybridized carbons (Fsp3) is 0.545. The Morgan fingerprint density at radius 1 is 1.46 bits per heavy atom. The Bertz CT molecular complexity index is 345. The molecular formula is C11H13NS. The molecule has 0 N–H and O–H groups in total. The van der Waals surface area contributed by atoms with E-state index in [9.17, 15) is 0 Å². The van der Waals surface area contributed by atoms with Gasteiger partial charge in [-0.15, -0.1) is 11.3 Å². The summed E-state index contributed by atoms with van der Waals surface area (Å²) in [5, 5.41) is 2.19. The lowest BCUT2D eigenvalue weighted by Gasteiger charge is -2.12. The first-order valence-corrected chi connectivity index (χ1v) is 5.66. The molecule has 1 unspecified atom stereocenters. The topological polar surface area (TPSA) is 4.36 Å². The monoisotopic (exact) mass is 191 g/mol. The largest absolute Gasteiger partial charge is 0.309 e. The molecule has 1 aliphatic rings. The Labute approximate surface area is 83.2 Å². The van der Waals surface area contributed by atoms with E-state index in [2.05, 4.69) is 10.2 Å². The second kappa shape index (κ2) is 3.51. The number of nitrogens with zero attached hydrogens (tertiary/aromatic N) is 1. The van der Waals surface area contributed by atoms with Crippen LogP contribution in [0.1, 0.15) is 41.8 Å². The van der Waals surface area contributed by atoms with Crippen molar-refractivity contribution in [3.63, 3.8) is 0 Å². The van der Waals surface area contributed by atoms with E-state index in [1.807, 2.05) is 18.3 Å². The maximum absolute atomic E-state index is 7.03. The van der Waals surface area contributed by atoms with Crippen LogP contribution < -0.4 is 0 Å². The summed E-state index contributed by atoms with van der Waals surface area (Å²) < 4.78 is 0. The molecule has 2 heteroatoms. The van der Waals surface area contributed by atoms with Gasteiger partial charge in [0.1, 0.15) is 0 Å². The average molecular weight is 191 g/mol. The standard InChI is InChI=1S/C11H13NS/c1-8(12-2)10-7-13-11-6-4-3-5-9(10)11/h7-8H,3-6H2,1H3. The highest BCUT2D eigenvalue weighted by molar-refractivity contribution is 7.10. The summed E-state index contributed by atoms with van der Waals surface area (Å²) in [7, 11) is 0. The highest BCUT2D eigenvalue weighted by Crippen LogP contribution is 2.34. The molecule has 1 atom stereocenters. The molecule has 0 bridgehead atoms. The Morgan fingerprint density at radius 2 is 2.23 bits per heavy atom. The van der Waals surface area contributed by atoms with E-state index < -0.39 is 0 Å². The molecule has 0 saturated carbocycles. The predicted molar refractivity (Wildman–Crippen MR) is 56.0 cm³/mol. The van der Waals surface area contributed by atoms with Crippen LogP contribution in [-0.2, 0) is 12.8 Å². The Morgan fingerprint density at radius 3 is 3.00 bits per heavy atom. The SMILES string of the molecule is [C-]#[N+]C(C)c1csc2c1CCCC2. The summed E-state index contributed by atoms with van der Waals surface area (Å²) in [6.45, 7) is 9.04. The smallest absolute Gasteiger partial charge is 0.247 e. The van der Waals surface area contributed by atoms with E-state index in [4.69, 9.17) is 6.57 Å². The van der Waals surface area contributed by atoms with Crippen LogP contribution in [0, 0.1) is 6.57 Å². The highest BCUT2D eigenvalue weighted by Gasteiger charge is 2.21. The molecule has 0 spiro atoms. The van der Waals surface area contributed by atoms with E-state index in [-0.39, 0.29) is 6.04 Å². The molecule has 68 valence electrons. The second-order valence-corrected chi connectivity index (χ2v) is 4.57. The zero-order chi connectivity index (χ0) is 9.26. The molecule has 0 aromatic carbocycles. The van der Waals surface area contributed by atoms with Crippen molar-refractivity contribution in [2.75, 3.05) is 0 Å². The maximum Gasteiger partial charge on any atom is 0.247 e. The molecule has 0 radical (unpaired) electrons. The number of thiophene rings is 1. The normalized spacial score (nSPS) is 17.5. The van der Waals surface area contributed by atoms with E-state index >= 15 is 0 Å². The average Bonchev–Trinajstić information content (AvgIpc) is 2.60. The van der Waals surface area contributed by atoms with Crippen molar-refractivity contribution in [2.24, 2.45) is 0 Å². The number of aryl methyl sites for hydroxylation is 1. The number of rotatable bonds is 1. The molecule has 0 saturated heterocycles. The van der Waals surface area contributed by atoms with Crippen LogP contribution in [0.15, 0.2) is 5.38 Å². The molecular weight excluding hydrogens is 178 g/mol. The van der Waals surface area contributed by atoms with Gasteiger partial charge in [-0.25, -0.2) is 6.57 Å². The zero-order valence-corrected chi connectivity index (χ0v) is 8.66. The van der Waals surface area contributed by atoms with Gasteiger partial charge < -0.3 is 4.85 Å². The molecule has 13 heavy (non-hydrogen) atoms. The first kappa shape index (κ1) is 8.77. The van der Waals surface area contributed by atoms with Crippen LogP contribution in [0.3, 0.4) is 0 Å². The van der Waals surface area contributed by atoms with Crippen molar-refractivity contribution >= 4 is 11.3 Å². The van der Waals surface area contributed by atoms with E-state index in [1.165, 1.54) is 41.7 Å². The van der Waals surface area contributed by atoms with Crippen molar-refractivity contribution < 1.29 is 0 Å². The summed E-state index contributed by atoms with van der Waals surface area (Å²) in [6.07, 6.45) is 5.08. The first-order valence-electron chi connectivity index (χ1n) is 4.78. The molecule has 0 amide bonds. The summed E-state index contributed by atoms with van der Waals surface area (Å²) in [4.78, 5) is 5.13. The van der Waals surface area contributed by atoms with Gasteiger partial charge >= 0.3 is 0 Å². The number of fused-ring (bicyclic) bond motifs is 1. The number of hydrogen-bond acceptors (Lipinski definition) is 1. The van der Waals surface area contributed by atoms with E-state index in [0.717, 1.165) is 0 Å². The molecule has 1 nitrogen and oxygen atoms in total. The minimum atomic E-state index is 0.0677. The minimum absolute atomic E-state index is 0.0677. The second-order valence-electron chi connectivity index (χ2n) is 3.60. The third-order valence-corrected chi connectivity index (χ3v) is 3.84. The lowest BCUT2D eigenvalue weighted by atomic mass is 9.94. The van der Waals surface area contributed by atoms with Crippen LogP contribution in [-0.4, -0.2) is 0 Å². The molecule has 2 rings (SSSR count). The van der Waals surface area contributed by atoms with Crippen LogP contribution in [0.4, 0.5) is 0 Å². The summed E-state index contributed by atoms with van der Waals surface area (Å²) >= 11 is 1.85. The Hall–Kier alpha value is -0.810. The third kappa shape index (κ3) is 1.49. The number of hydrogen-bond donors (Lipinski definition) is 0. The van der Waals surface area contributed by atoms with Crippen LogP contribution in [0.25, 0.3) is 4.85 Å². The first-order chi connectivity index (χ1) is 6.33. The molecule has 1 aliphatic carbocycles. The molecule has 0 fully saturated rings. The van der Waals surface area contributed by atoms with Gasteiger partial charge in [0, 0.05) is 22.7 Å². The zero-order valence-electron chi connectivity index (χ0n) is 7.84. The van der Waals surface area contributed by atoms with E-state index in [0.29, 0.717) is 0 Å². The fourth-order valence-corrected chi connectivity index (χ4v) is 3.17. The van der Waals surface area contributed by atoms with Gasteiger partial charge in [-0.1, -0.05) is 0 Å². The van der Waals surface area contributed by atoms with Crippen molar-refractivity contribution in [3.05, 3.63) is 32.8 Å². The van der Waals surface area contributed by atoms with Gasteiger partial charge in [-0.05, 0) is 31.2 Å². The Balaban J connectivity index is 2.38. The predicted octanol–water partition coefficient (Wildman–Crippen LogP) is 3.61. The van der Waals surface area contributed by atoms with Gasteiger partial charge in [0.25, 0.3) is 0 Å². The summed E-state index contributed by atoms with van der Waals surface area (Å²) in [6, 6.07) is 0.0677. The quantitative estimate of drug-likeness (QED) is 0.597. The van der Waals surface area contributed by atoms with Crippen LogP contribution >= 0.6 is 11.3 Å². The Kier molecular flexibility index (Phi) is 2.37. The van der Waals surface area contributed by atoms with Crippen LogP contribution in [0.5, 0.6) is 0 Å². The molecule has 1 aromatic rings.